The fourth-order valence-electron chi connectivity index (χ4n) is 3.63. The van der Waals surface area contributed by atoms with Crippen LogP contribution in [-0.2, 0) is 9.59 Å². The van der Waals surface area contributed by atoms with Crippen LogP contribution in [0.4, 0.5) is 0 Å². The lowest BCUT2D eigenvalue weighted by molar-refractivity contribution is -0.148. The molecule has 1 aromatic rings. The van der Waals surface area contributed by atoms with E-state index in [1.165, 1.54) is 5.56 Å². The summed E-state index contributed by atoms with van der Waals surface area (Å²) in [5.41, 5.74) is 1.70. The second kappa shape index (κ2) is 6.22. The molecular weight excluding hydrogens is 292 g/mol. The van der Waals surface area contributed by atoms with Gasteiger partial charge in [0.25, 0.3) is 5.91 Å². The number of carbonyl (C=O) groups excluding carboxylic acids is 2. The quantitative estimate of drug-likeness (QED) is 0.927. The fraction of sp³-hybridized carbons (Fsp3) is 0.556. The van der Waals surface area contributed by atoms with Gasteiger partial charge < -0.3 is 15.0 Å². The average molecular weight is 316 g/mol. The Labute approximate surface area is 137 Å². The maximum atomic E-state index is 12.6. The van der Waals surface area contributed by atoms with E-state index < -0.39 is 5.54 Å². The van der Waals surface area contributed by atoms with E-state index in [-0.39, 0.29) is 18.4 Å². The third kappa shape index (κ3) is 2.92. The average Bonchev–Trinajstić information content (AvgIpc) is 2.96. The Morgan fingerprint density at radius 3 is 2.78 bits per heavy atom. The van der Waals surface area contributed by atoms with Crippen LogP contribution in [0.25, 0.3) is 0 Å². The molecule has 0 radical (unpaired) electrons. The molecule has 2 fully saturated rings. The van der Waals surface area contributed by atoms with Crippen molar-refractivity contribution in [1.82, 2.24) is 10.2 Å². The van der Waals surface area contributed by atoms with E-state index in [2.05, 4.69) is 5.32 Å². The number of aryl methyl sites for hydroxylation is 2. The van der Waals surface area contributed by atoms with Crippen LogP contribution in [0.1, 0.15) is 36.8 Å². The van der Waals surface area contributed by atoms with Crippen molar-refractivity contribution < 1.29 is 14.3 Å². The van der Waals surface area contributed by atoms with Gasteiger partial charge in [0.05, 0.1) is 0 Å². The van der Waals surface area contributed by atoms with E-state index >= 15 is 0 Å². The normalized spacial score (nSPS) is 23.9. The minimum absolute atomic E-state index is 0.000723. The minimum Gasteiger partial charge on any atom is -0.484 e. The van der Waals surface area contributed by atoms with Gasteiger partial charge in [-0.3, -0.25) is 9.59 Å². The largest absolute Gasteiger partial charge is 0.484 e. The van der Waals surface area contributed by atoms with Crippen LogP contribution in [0, 0.1) is 13.8 Å². The molecule has 2 aliphatic rings. The molecular formula is C18H24N2O3. The Kier molecular flexibility index (Phi) is 4.28. The highest BCUT2D eigenvalue weighted by Gasteiger charge is 2.50. The molecule has 0 bridgehead atoms. The molecule has 2 heterocycles. The first-order chi connectivity index (χ1) is 11.0. The maximum absolute atomic E-state index is 12.6. The Morgan fingerprint density at radius 2 is 2.04 bits per heavy atom. The number of ether oxygens (including phenoxy) is 1. The molecule has 5 nitrogen and oxygen atoms in total. The predicted octanol–water partition coefficient (Wildman–Crippen LogP) is 1.95. The summed E-state index contributed by atoms with van der Waals surface area (Å²) in [5.74, 6) is 0.598. The van der Waals surface area contributed by atoms with E-state index in [9.17, 15) is 9.59 Å². The van der Waals surface area contributed by atoms with Gasteiger partial charge in [-0.15, -0.1) is 0 Å². The van der Waals surface area contributed by atoms with Crippen molar-refractivity contribution in [3.05, 3.63) is 29.3 Å². The van der Waals surface area contributed by atoms with Crippen molar-refractivity contribution in [2.75, 3.05) is 19.7 Å². The lowest BCUT2D eigenvalue weighted by Crippen LogP contribution is -2.60. The summed E-state index contributed by atoms with van der Waals surface area (Å²) < 4.78 is 5.66. The number of nitrogens with one attached hydrogen (secondary N) is 1. The molecule has 23 heavy (non-hydrogen) atoms. The van der Waals surface area contributed by atoms with Gasteiger partial charge in [0.1, 0.15) is 11.3 Å². The summed E-state index contributed by atoms with van der Waals surface area (Å²) in [5, 5.41) is 2.91. The molecule has 3 rings (SSSR count). The van der Waals surface area contributed by atoms with Crippen LogP contribution >= 0.6 is 0 Å². The van der Waals surface area contributed by atoms with Crippen LogP contribution < -0.4 is 10.1 Å². The molecule has 0 aromatic heterocycles. The van der Waals surface area contributed by atoms with Gasteiger partial charge in [-0.05, 0) is 62.8 Å². The zero-order valence-corrected chi connectivity index (χ0v) is 13.9. The first-order valence-electron chi connectivity index (χ1n) is 8.32. The standard InChI is InChI=1S/C18H24N2O3/c1-13-5-6-15(11-14(13)2)23-12-16(21)20-10-4-8-18(20)7-3-9-19-17(18)22/h5-6,11H,3-4,7-10,12H2,1-2H3,(H,19,22). The zero-order chi connectivity index (χ0) is 16.4. The van der Waals surface area contributed by atoms with Gasteiger partial charge in [0.2, 0.25) is 5.91 Å². The second-order valence-corrected chi connectivity index (χ2v) is 6.57. The molecule has 0 aliphatic carbocycles. The monoisotopic (exact) mass is 316 g/mol. The summed E-state index contributed by atoms with van der Waals surface area (Å²) in [4.78, 5) is 26.7. The van der Waals surface area contributed by atoms with Crippen LogP contribution in [0.3, 0.4) is 0 Å². The summed E-state index contributed by atoms with van der Waals surface area (Å²) in [6.07, 6.45) is 3.32. The predicted molar refractivity (Wildman–Crippen MR) is 87.3 cm³/mol. The molecule has 2 amide bonds. The highest BCUT2D eigenvalue weighted by Crippen LogP contribution is 2.35. The highest BCUT2D eigenvalue weighted by atomic mass is 16.5. The Morgan fingerprint density at radius 1 is 1.26 bits per heavy atom. The van der Waals surface area contributed by atoms with Crippen LogP contribution in [-0.4, -0.2) is 41.9 Å². The Balaban J connectivity index is 1.67. The third-order valence-corrected chi connectivity index (χ3v) is 5.11. The van der Waals surface area contributed by atoms with E-state index in [1.807, 2.05) is 32.0 Å². The van der Waals surface area contributed by atoms with Gasteiger partial charge >= 0.3 is 0 Å². The van der Waals surface area contributed by atoms with Crippen LogP contribution in [0.5, 0.6) is 5.75 Å². The Bertz CT molecular complexity index is 629. The second-order valence-electron chi connectivity index (χ2n) is 6.57. The zero-order valence-electron chi connectivity index (χ0n) is 13.9. The van der Waals surface area contributed by atoms with Crippen molar-refractivity contribution in [3.63, 3.8) is 0 Å². The van der Waals surface area contributed by atoms with Crippen LogP contribution in [0.15, 0.2) is 18.2 Å². The lowest BCUT2D eigenvalue weighted by Gasteiger charge is -2.40. The number of hydrogen-bond acceptors (Lipinski definition) is 3. The van der Waals surface area contributed by atoms with Crippen LogP contribution in [0.2, 0.25) is 0 Å². The molecule has 1 N–H and O–H groups in total. The molecule has 1 aromatic carbocycles. The first kappa shape index (κ1) is 15.8. The number of hydrogen-bond donors (Lipinski definition) is 1. The van der Waals surface area contributed by atoms with Crippen molar-refractivity contribution in [3.8, 4) is 5.75 Å². The smallest absolute Gasteiger partial charge is 0.261 e. The van der Waals surface area contributed by atoms with E-state index in [4.69, 9.17) is 4.74 Å². The van der Waals surface area contributed by atoms with Crippen molar-refractivity contribution in [2.45, 2.75) is 45.1 Å². The lowest BCUT2D eigenvalue weighted by atomic mass is 9.86. The number of amides is 2. The fourth-order valence-corrected chi connectivity index (χ4v) is 3.63. The van der Waals surface area contributed by atoms with E-state index in [0.717, 1.165) is 31.2 Å². The summed E-state index contributed by atoms with van der Waals surface area (Å²) in [6, 6.07) is 5.80. The Hall–Kier alpha value is -2.04. The minimum atomic E-state index is -0.637. The third-order valence-electron chi connectivity index (χ3n) is 5.11. The number of likely N-dealkylation sites (tertiary alicyclic amines) is 1. The summed E-state index contributed by atoms with van der Waals surface area (Å²) in [7, 11) is 0. The topological polar surface area (TPSA) is 58.6 Å². The van der Waals surface area contributed by atoms with Crippen molar-refractivity contribution >= 4 is 11.8 Å². The molecule has 1 spiro atoms. The van der Waals surface area contributed by atoms with Gasteiger partial charge in [-0.2, -0.15) is 0 Å². The first-order valence-corrected chi connectivity index (χ1v) is 8.32. The molecule has 0 saturated carbocycles. The van der Waals surface area contributed by atoms with Gasteiger partial charge in [0, 0.05) is 13.1 Å². The SMILES string of the molecule is Cc1ccc(OCC(=O)N2CCCC23CCCNC3=O)cc1C. The molecule has 5 heteroatoms. The molecule has 2 aliphatic heterocycles. The molecule has 2 saturated heterocycles. The van der Waals surface area contributed by atoms with Gasteiger partial charge in [0.15, 0.2) is 6.61 Å². The van der Waals surface area contributed by atoms with E-state index in [1.54, 1.807) is 4.90 Å². The van der Waals surface area contributed by atoms with Crippen molar-refractivity contribution in [2.24, 2.45) is 0 Å². The number of benzene rings is 1. The summed E-state index contributed by atoms with van der Waals surface area (Å²) >= 11 is 0. The number of carbonyl (C=O) groups is 2. The number of nitrogens with zero attached hydrogens (tertiary/aromatic N) is 1. The maximum Gasteiger partial charge on any atom is 0.261 e. The van der Waals surface area contributed by atoms with E-state index in [0.29, 0.717) is 18.8 Å². The molecule has 1 unspecified atom stereocenters. The number of piperidine rings is 1. The number of rotatable bonds is 3. The summed E-state index contributed by atoms with van der Waals surface area (Å²) in [6.45, 7) is 5.40. The molecule has 1 atom stereocenters. The van der Waals surface area contributed by atoms with Gasteiger partial charge in [-0.25, -0.2) is 0 Å². The van der Waals surface area contributed by atoms with Gasteiger partial charge in [-0.1, -0.05) is 6.07 Å². The molecule has 124 valence electrons. The highest BCUT2D eigenvalue weighted by molar-refractivity contribution is 5.93. The van der Waals surface area contributed by atoms with Crippen molar-refractivity contribution in [1.29, 1.82) is 0 Å².